The minimum atomic E-state index is -0.797. The van der Waals surface area contributed by atoms with Gasteiger partial charge >= 0.3 is 5.97 Å². The van der Waals surface area contributed by atoms with Crippen LogP contribution in [0.5, 0.6) is 0 Å². The first-order chi connectivity index (χ1) is 8.02. The van der Waals surface area contributed by atoms with Crippen LogP contribution in [0.15, 0.2) is 18.2 Å². The van der Waals surface area contributed by atoms with E-state index in [1.165, 1.54) is 0 Å². The van der Waals surface area contributed by atoms with Crippen molar-refractivity contribution in [2.45, 2.75) is 33.2 Å². The summed E-state index contributed by atoms with van der Waals surface area (Å²) in [4.78, 5) is 13.1. The molecule has 0 aliphatic carbocycles. The number of carbonyl (C=O) groups is 1. The zero-order valence-electron chi connectivity index (χ0n) is 10.4. The molecule has 0 aliphatic heterocycles. The summed E-state index contributed by atoms with van der Waals surface area (Å²) in [6.07, 6.45) is 0.565. The molecule has 0 amide bonds. The number of halogens is 1. The highest BCUT2D eigenvalue weighted by molar-refractivity contribution is 6.31. The van der Waals surface area contributed by atoms with Gasteiger partial charge in [-0.2, -0.15) is 0 Å². The van der Waals surface area contributed by atoms with Gasteiger partial charge in [0.05, 0.1) is 0 Å². The first-order valence-electron chi connectivity index (χ1n) is 5.77. The number of likely N-dealkylation sites (N-methyl/N-ethyl adjacent to an activating group) is 1. The Bertz CT molecular complexity index is 406. The van der Waals surface area contributed by atoms with Gasteiger partial charge in [0.25, 0.3) is 0 Å². The van der Waals surface area contributed by atoms with E-state index in [0.717, 1.165) is 11.3 Å². The molecule has 0 aliphatic rings. The summed E-state index contributed by atoms with van der Waals surface area (Å²) in [5, 5.41) is 9.89. The van der Waals surface area contributed by atoms with Gasteiger partial charge in [-0.15, -0.1) is 0 Å². The standard InChI is InChI=1S/C13H18ClNO2/c1-4-11(13(16)17)15(5-2)12-8-6-7-10(14)9(12)3/h6-8,11H,4-5H2,1-3H3,(H,16,17). The van der Waals surface area contributed by atoms with E-state index in [9.17, 15) is 9.90 Å². The van der Waals surface area contributed by atoms with Gasteiger partial charge in [0.2, 0.25) is 0 Å². The number of aliphatic carboxylic acids is 1. The van der Waals surface area contributed by atoms with Crippen LogP contribution in [0.25, 0.3) is 0 Å². The van der Waals surface area contributed by atoms with Gasteiger partial charge in [0.1, 0.15) is 6.04 Å². The number of nitrogens with zero attached hydrogens (tertiary/aromatic N) is 1. The average Bonchev–Trinajstić information content (AvgIpc) is 2.29. The number of hydrogen-bond donors (Lipinski definition) is 1. The Morgan fingerprint density at radius 1 is 1.47 bits per heavy atom. The summed E-state index contributed by atoms with van der Waals surface area (Å²) in [7, 11) is 0. The van der Waals surface area contributed by atoms with Gasteiger partial charge in [-0.1, -0.05) is 24.6 Å². The van der Waals surface area contributed by atoms with Crippen LogP contribution in [-0.4, -0.2) is 23.7 Å². The summed E-state index contributed by atoms with van der Waals surface area (Å²) in [6.45, 7) is 6.38. The van der Waals surface area contributed by atoms with E-state index in [4.69, 9.17) is 11.6 Å². The lowest BCUT2D eigenvalue weighted by molar-refractivity contribution is -0.138. The molecule has 4 heteroatoms. The van der Waals surface area contributed by atoms with Crippen LogP contribution in [0.3, 0.4) is 0 Å². The molecular formula is C13H18ClNO2. The molecule has 0 saturated carbocycles. The molecular weight excluding hydrogens is 238 g/mol. The molecule has 1 N–H and O–H groups in total. The molecule has 1 rings (SSSR count). The van der Waals surface area contributed by atoms with E-state index >= 15 is 0 Å². The van der Waals surface area contributed by atoms with Crippen molar-refractivity contribution in [3.8, 4) is 0 Å². The molecule has 1 unspecified atom stereocenters. The minimum Gasteiger partial charge on any atom is -0.480 e. The Kier molecular flexibility index (Phi) is 4.82. The zero-order valence-corrected chi connectivity index (χ0v) is 11.2. The molecule has 0 spiro atoms. The summed E-state index contributed by atoms with van der Waals surface area (Å²) in [5.74, 6) is -0.797. The van der Waals surface area contributed by atoms with Crippen LogP contribution in [0.2, 0.25) is 5.02 Å². The summed E-state index contributed by atoms with van der Waals surface area (Å²) < 4.78 is 0. The lowest BCUT2D eigenvalue weighted by Gasteiger charge is -2.30. The maximum atomic E-state index is 11.2. The fourth-order valence-corrected chi connectivity index (χ4v) is 2.16. The molecule has 1 atom stereocenters. The quantitative estimate of drug-likeness (QED) is 0.877. The van der Waals surface area contributed by atoms with E-state index < -0.39 is 12.0 Å². The molecule has 0 heterocycles. The van der Waals surface area contributed by atoms with Gasteiger partial charge in [-0.3, -0.25) is 0 Å². The largest absolute Gasteiger partial charge is 0.480 e. The number of anilines is 1. The Labute approximate surface area is 107 Å². The van der Waals surface area contributed by atoms with Crippen molar-refractivity contribution in [1.82, 2.24) is 0 Å². The van der Waals surface area contributed by atoms with E-state index in [1.807, 2.05) is 43.9 Å². The maximum absolute atomic E-state index is 11.2. The van der Waals surface area contributed by atoms with Crippen molar-refractivity contribution in [2.24, 2.45) is 0 Å². The third-order valence-corrected chi connectivity index (χ3v) is 3.35. The highest BCUT2D eigenvalue weighted by Gasteiger charge is 2.24. The van der Waals surface area contributed by atoms with Crippen molar-refractivity contribution in [1.29, 1.82) is 0 Å². The van der Waals surface area contributed by atoms with Gasteiger partial charge in [0, 0.05) is 17.3 Å². The Balaban J connectivity index is 3.17. The second-order valence-corrected chi connectivity index (χ2v) is 4.34. The topological polar surface area (TPSA) is 40.5 Å². The summed E-state index contributed by atoms with van der Waals surface area (Å²) in [6, 6.07) is 5.07. The average molecular weight is 256 g/mol. The predicted octanol–water partition coefficient (Wildman–Crippen LogP) is 3.34. The molecule has 0 aromatic heterocycles. The second-order valence-electron chi connectivity index (χ2n) is 3.93. The van der Waals surface area contributed by atoms with Crippen LogP contribution >= 0.6 is 11.6 Å². The van der Waals surface area contributed by atoms with Crippen molar-refractivity contribution in [3.63, 3.8) is 0 Å². The first-order valence-corrected chi connectivity index (χ1v) is 6.15. The van der Waals surface area contributed by atoms with Crippen LogP contribution in [0.4, 0.5) is 5.69 Å². The van der Waals surface area contributed by atoms with E-state index in [2.05, 4.69) is 0 Å². The van der Waals surface area contributed by atoms with Gasteiger partial charge in [0.15, 0.2) is 0 Å². The van der Waals surface area contributed by atoms with E-state index in [0.29, 0.717) is 18.0 Å². The SMILES string of the molecule is CCC(C(=O)O)N(CC)c1cccc(Cl)c1C. The van der Waals surface area contributed by atoms with E-state index in [-0.39, 0.29) is 0 Å². The molecule has 0 saturated heterocycles. The second kappa shape index (κ2) is 5.92. The maximum Gasteiger partial charge on any atom is 0.326 e. The number of hydrogen-bond acceptors (Lipinski definition) is 2. The Morgan fingerprint density at radius 3 is 2.59 bits per heavy atom. The molecule has 0 fully saturated rings. The third kappa shape index (κ3) is 2.91. The molecule has 1 aromatic rings. The fraction of sp³-hybridized carbons (Fsp3) is 0.462. The molecule has 0 bridgehead atoms. The summed E-state index contributed by atoms with van der Waals surface area (Å²) in [5.41, 5.74) is 1.82. The minimum absolute atomic E-state index is 0.503. The van der Waals surface area contributed by atoms with Crippen molar-refractivity contribution < 1.29 is 9.90 Å². The molecule has 1 aromatic carbocycles. The number of rotatable bonds is 5. The first kappa shape index (κ1) is 13.8. The highest BCUT2D eigenvalue weighted by Crippen LogP contribution is 2.28. The molecule has 17 heavy (non-hydrogen) atoms. The van der Waals surface area contributed by atoms with Crippen LogP contribution in [0.1, 0.15) is 25.8 Å². The molecule has 0 radical (unpaired) electrons. The Hall–Kier alpha value is -1.22. The number of carboxylic acid groups (broad SMARTS) is 1. The van der Waals surface area contributed by atoms with Crippen molar-refractivity contribution in [3.05, 3.63) is 28.8 Å². The predicted molar refractivity (Wildman–Crippen MR) is 70.9 cm³/mol. The van der Waals surface area contributed by atoms with Crippen LogP contribution < -0.4 is 4.90 Å². The number of benzene rings is 1. The molecule has 3 nitrogen and oxygen atoms in total. The lowest BCUT2D eigenvalue weighted by Crippen LogP contribution is -2.41. The number of carboxylic acids is 1. The zero-order chi connectivity index (χ0) is 13.0. The lowest BCUT2D eigenvalue weighted by atomic mass is 10.1. The Morgan fingerprint density at radius 2 is 2.12 bits per heavy atom. The van der Waals surface area contributed by atoms with Crippen molar-refractivity contribution >= 4 is 23.3 Å². The van der Waals surface area contributed by atoms with Crippen LogP contribution in [0, 0.1) is 6.92 Å². The summed E-state index contributed by atoms with van der Waals surface area (Å²) >= 11 is 6.07. The van der Waals surface area contributed by atoms with Gasteiger partial charge in [-0.05, 0) is 38.0 Å². The smallest absolute Gasteiger partial charge is 0.326 e. The van der Waals surface area contributed by atoms with Gasteiger partial charge in [-0.25, -0.2) is 4.79 Å². The van der Waals surface area contributed by atoms with Gasteiger partial charge < -0.3 is 10.0 Å². The fourth-order valence-electron chi connectivity index (χ4n) is 1.99. The third-order valence-electron chi connectivity index (χ3n) is 2.94. The monoisotopic (exact) mass is 255 g/mol. The van der Waals surface area contributed by atoms with E-state index in [1.54, 1.807) is 0 Å². The van der Waals surface area contributed by atoms with Crippen LogP contribution in [-0.2, 0) is 4.79 Å². The normalized spacial score (nSPS) is 12.2. The highest BCUT2D eigenvalue weighted by atomic mass is 35.5. The van der Waals surface area contributed by atoms with Crippen molar-refractivity contribution in [2.75, 3.05) is 11.4 Å². The molecule has 94 valence electrons.